The van der Waals surface area contributed by atoms with Crippen molar-refractivity contribution in [1.82, 2.24) is 19.5 Å². The van der Waals surface area contributed by atoms with Gasteiger partial charge in [-0.25, -0.2) is 9.97 Å². The Bertz CT molecular complexity index is 1060. The van der Waals surface area contributed by atoms with E-state index < -0.39 is 0 Å². The van der Waals surface area contributed by atoms with Gasteiger partial charge in [-0.15, -0.1) is 0 Å². The van der Waals surface area contributed by atoms with Crippen molar-refractivity contribution in [3.8, 4) is 17.5 Å². The molecule has 0 saturated carbocycles. The number of nitrogen functional groups attached to an aromatic ring is 1. The first-order valence-corrected chi connectivity index (χ1v) is 7.26. The predicted octanol–water partition coefficient (Wildman–Crippen LogP) is 2.59. The number of aromatic nitrogens is 4. The highest BCUT2D eigenvalue weighted by Crippen LogP contribution is 2.26. The Labute approximate surface area is 137 Å². The van der Waals surface area contributed by atoms with E-state index in [9.17, 15) is 0 Å². The molecule has 0 atom stereocenters. The summed E-state index contributed by atoms with van der Waals surface area (Å²) >= 11 is 0. The number of nitrogens with zero attached hydrogens (tertiary/aromatic N) is 5. The van der Waals surface area contributed by atoms with Gasteiger partial charge in [-0.05, 0) is 29.8 Å². The predicted molar refractivity (Wildman–Crippen MR) is 87.7 cm³/mol. The Balaban J connectivity index is 1.82. The van der Waals surface area contributed by atoms with Crippen molar-refractivity contribution in [3.63, 3.8) is 0 Å². The molecular weight excluding hydrogens is 304 g/mol. The molecule has 7 heteroatoms. The lowest BCUT2D eigenvalue weighted by molar-refractivity contribution is 0.580. The van der Waals surface area contributed by atoms with Crippen LogP contribution in [0.2, 0.25) is 0 Å². The Morgan fingerprint density at radius 3 is 2.92 bits per heavy atom. The number of furan rings is 1. The van der Waals surface area contributed by atoms with E-state index in [1.807, 2.05) is 22.8 Å². The molecule has 24 heavy (non-hydrogen) atoms. The summed E-state index contributed by atoms with van der Waals surface area (Å²) in [6.07, 6.45) is 3.26. The van der Waals surface area contributed by atoms with E-state index in [1.165, 1.54) is 0 Å². The van der Waals surface area contributed by atoms with Crippen molar-refractivity contribution >= 4 is 17.1 Å². The van der Waals surface area contributed by atoms with Gasteiger partial charge >= 0.3 is 0 Å². The van der Waals surface area contributed by atoms with Gasteiger partial charge in [0.05, 0.1) is 30.8 Å². The first kappa shape index (κ1) is 14.0. The van der Waals surface area contributed by atoms with Crippen LogP contribution in [-0.2, 0) is 6.54 Å². The number of fused-ring (bicyclic) bond motifs is 1. The molecule has 0 aliphatic carbocycles. The second-order valence-electron chi connectivity index (χ2n) is 5.26. The molecule has 4 aromatic rings. The van der Waals surface area contributed by atoms with Crippen LogP contribution < -0.4 is 5.73 Å². The fraction of sp³-hybridized carbons (Fsp3) is 0.0588. The molecule has 116 valence electrons. The number of nitrogens with two attached hydrogens (primary N) is 1. The molecule has 0 unspecified atom stereocenters. The van der Waals surface area contributed by atoms with Crippen LogP contribution in [0.3, 0.4) is 0 Å². The van der Waals surface area contributed by atoms with Crippen molar-refractivity contribution < 1.29 is 4.42 Å². The topological polar surface area (TPSA) is 107 Å². The van der Waals surface area contributed by atoms with Crippen LogP contribution in [0.1, 0.15) is 11.1 Å². The van der Waals surface area contributed by atoms with Crippen LogP contribution >= 0.6 is 0 Å². The normalized spacial score (nSPS) is 10.8. The van der Waals surface area contributed by atoms with Gasteiger partial charge < -0.3 is 14.7 Å². The van der Waals surface area contributed by atoms with Crippen molar-refractivity contribution in [2.75, 3.05) is 5.73 Å². The van der Waals surface area contributed by atoms with Crippen LogP contribution in [0, 0.1) is 11.3 Å². The monoisotopic (exact) mass is 316 g/mol. The second kappa shape index (κ2) is 5.52. The van der Waals surface area contributed by atoms with Crippen LogP contribution in [0.15, 0.2) is 53.4 Å². The Hall–Kier alpha value is -3.66. The molecule has 0 fully saturated rings. The molecule has 0 saturated heterocycles. The molecule has 3 aromatic heterocycles. The standard InChI is InChI=1S/C17H12N6O/c18-8-11-3-1-4-12(7-11)9-23-10-20-15-14(13-5-2-6-24-13)21-17(19)22-16(15)23/h1-7,10H,9H2,(H2,19,21,22). The summed E-state index contributed by atoms with van der Waals surface area (Å²) in [6, 6.07) is 13.1. The molecule has 0 bridgehead atoms. The average molecular weight is 316 g/mol. The SMILES string of the molecule is N#Cc1cccc(Cn2cnc3c(-c4ccco4)nc(N)nc32)c1. The van der Waals surface area contributed by atoms with Crippen molar-refractivity contribution in [2.24, 2.45) is 0 Å². The lowest BCUT2D eigenvalue weighted by Crippen LogP contribution is -2.03. The third-order valence-corrected chi connectivity index (χ3v) is 3.64. The molecule has 0 spiro atoms. The lowest BCUT2D eigenvalue weighted by atomic mass is 10.1. The summed E-state index contributed by atoms with van der Waals surface area (Å²) in [6.45, 7) is 0.528. The Morgan fingerprint density at radius 1 is 1.21 bits per heavy atom. The highest BCUT2D eigenvalue weighted by Gasteiger charge is 2.15. The minimum absolute atomic E-state index is 0.154. The maximum atomic E-state index is 9.02. The highest BCUT2D eigenvalue weighted by molar-refractivity contribution is 5.86. The Kier molecular flexibility index (Phi) is 3.21. The van der Waals surface area contributed by atoms with E-state index in [-0.39, 0.29) is 5.95 Å². The minimum Gasteiger partial charge on any atom is -0.463 e. The smallest absolute Gasteiger partial charge is 0.222 e. The largest absolute Gasteiger partial charge is 0.463 e. The summed E-state index contributed by atoms with van der Waals surface area (Å²) in [4.78, 5) is 13.0. The van der Waals surface area contributed by atoms with Crippen molar-refractivity contribution in [2.45, 2.75) is 6.54 Å². The number of imidazole rings is 1. The zero-order valence-corrected chi connectivity index (χ0v) is 12.5. The lowest BCUT2D eigenvalue weighted by Gasteiger charge is -2.05. The summed E-state index contributed by atoms with van der Waals surface area (Å²) in [5.74, 6) is 0.743. The van der Waals surface area contributed by atoms with Crippen molar-refractivity contribution in [3.05, 3.63) is 60.1 Å². The average Bonchev–Trinajstić information content (AvgIpc) is 3.25. The van der Waals surface area contributed by atoms with E-state index in [4.69, 9.17) is 15.4 Å². The molecule has 1 aromatic carbocycles. The Morgan fingerprint density at radius 2 is 2.12 bits per heavy atom. The van der Waals surface area contributed by atoms with E-state index in [2.05, 4.69) is 21.0 Å². The van der Waals surface area contributed by atoms with Gasteiger partial charge in [-0.2, -0.15) is 10.2 Å². The van der Waals surface area contributed by atoms with E-state index >= 15 is 0 Å². The number of benzene rings is 1. The molecule has 4 rings (SSSR count). The zero-order valence-electron chi connectivity index (χ0n) is 12.5. The first-order chi connectivity index (χ1) is 11.7. The number of hydrogen-bond donors (Lipinski definition) is 1. The first-order valence-electron chi connectivity index (χ1n) is 7.26. The number of hydrogen-bond acceptors (Lipinski definition) is 6. The van der Waals surface area contributed by atoms with Crippen LogP contribution in [0.5, 0.6) is 0 Å². The maximum absolute atomic E-state index is 9.02. The second-order valence-corrected chi connectivity index (χ2v) is 5.26. The summed E-state index contributed by atoms with van der Waals surface area (Å²) in [7, 11) is 0. The number of rotatable bonds is 3. The zero-order chi connectivity index (χ0) is 16.5. The van der Waals surface area contributed by atoms with Crippen molar-refractivity contribution in [1.29, 1.82) is 5.26 Å². The summed E-state index contributed by atoms with van der Waals surface area (Å²) in [5, 5.41) is 9.02. The van der Waals surface area contributed by atoms with Gasteiger partial charge in [0, 0.05) is 0 Å². The summed E-state index contributed by atoms with van der Waals surface area (Å²) in [5.41, 5.74) is 9.24. The van der Waals surface area contributed by atoms with E-state index in [1.54, 1.807) is 30.8 Å². The molecule has 0 radical (unpaired) electrons. The molecular formula is C17H12N6O. The van der Waals surface area contributed by atoms with Crippen LogP contribution in [0.4, 0.5) is 5.95 Å². The molecule has 2 N–H and O–H groups in total. The maximum Gasteiger partial charge on any atom is 0.222 e. The molecule has 0 aliphatic rings. The van der Waals surface area contributed by atoms with Gasteiger partial charge in [0.25, 0.3) is 0 Å². The van der Waals surface area contributed by atoms with Crippen LogP contribution in [-0.4, -0.2) is 19.5 Å². The van der Waals surface area contributed by atoms with Gasteiger partial charge in [0.15, 0.2) is 11.4 Å². The van der Waals surface area contributed by atoms with E-state index in [0.717, 1.165) is 5.56 Å². The van der Waals surface area contributed by atoms with Gasteiger partial charge in [0.2, 0.25) is 5.95 Å². The minimum atomic E-state index is 0.154. The number of anilines is 1. The fourth-order valence-electron chi connectivity index (χ4n) is 2.60. The molecule has 0 aliphatic heterocycles. The van der Waals surface area contributed by atoms with E-state index in [0.29, 0.717) is 34.7 Å². The van der Waals surface area contributed by atoms with Gasteiger partial charge in [-0.1, -0.05) is 12.1 Å². The van der Waals surface area contributed by atoms with Gasteiger partial charge in [-0.3, -0.25) is 0 Å². The summed E-state index contributed by atoms with van der Waals surface area (Å²) < 4.78 is 7.28. The third kappa shape index (κ3) is 2.36. The fourth-order valence-corrected chi connectivity index (χ4v) is 2.60. The van der Waals surface area contributed by atoms with Crippen LogP contribution in [0.25, 0.3) is 22.6 Å². The molecule has 3 heterocycles. The highest BCUT2D eigenvalue weighted by atomic mass is 16.3. The quantitative estimate of drug-likeness (QED) is 0.622. The van der Waals surface area contributed by atoms with Gasteiger partial charge in [0.1, 0.15) is 11.2 Å². The number of nitriles is 1. The third-order valence-electron chi connectivity index (χ3n) is 3.64. The molecule has 0 amide bonds. The molecule has 7 nitrogen and oxygen atoms in total.